The topological polar surface area (TPSA) is 46.2 Å². The first-order valence-corrected chi connectivity index (χ1v) is 6.79. The zero-order valence-electron chi connectivity index (χ0n) is 7.65. The highest BCUT2D eigenvalue weighted by Crippen LogP contribution is 2.17. The lowest BCUT2D eigenvalue weighted by molar-refractivity contribution is 0.581. The lowest BCUT2D eigenvalue weighted by atomic mass is 10.1. The number of thiophene rings is 1. The summed E-state index contributed by atoms with van der Waals surface area (Å²) in [4.78, 5) is 0. The SMILES string of the molecule is CC(CNS(C)(=O)=O)c1ccsc1. The Morgan fingerprint density at radius 3 is 2.77 bits per heavy atom. The van der Waals surface area contributed by atoms with Gasteiger partial charge < -0.3 is 0 Å². The Balaban J connectivity index is 2.48. The van der Waals surface area contributed by atoms with Gasteiger partial charge in [0, 0.05) is 6.54 Å². The Labute approximate surface area is 82.8 Å². The summed E-state index contributed by atoms with van der Waals surface area (Å²) in [6.07, 6.45) is 1.17. The molecule has 1 heterocycles. The van der Waals surface area contributed by atoms with E-state index in [1.54, 1.807) is 11.3 Å². The van der Waals surface area contributed by atoms with Gasteiger partial charge >= 0.3 is 0 Å². The maximum atomic E-state index is 10.8. The van der Waals surface area contributed by atoms with E-state index in [-0.39, 0.29) is 5.92 Å². The summed E-state index contributed by atoms with van der Waals surface area (Å²) in [5, 5.41) is 4.03. The van der Waals surface area contributed by atoms with Crippen LogP contribution in [-0.2, 0) is 10.0 Å². The minimum atomic E-state index is -3.06. The van der Waals surface area contributed by atoms with Crippen LogP contribution in [0.5, 0.6) is 0 Å². The van der Waals surface area contributed by atoms with Crippen molar-refractivity contribution in [2.75, 3.05) is 12.8 Å². The van der Waals surface area contributed by atoms with Gasteiger partial charge in [0.15, 0.2) is 0 Å². The fourth-order valence-corrected chi connectivity index (χ4v) is 2.28. The number of rotatable bonds is 4. The highest BCUT2D eigenvalue weighted by molar-refractivity contribution is 7.88. The van der Waals surface area contributed by atoms with Gasteiger partial charge in [-0.25, -0.2) is 13.1 Å². The van der Waals surface area contributed by atoms with E-state index in [9.17, 15) is 8.42 Å². The molecule has 5 heteroatoms. The van der Waals surface area contributed by atoms with Crippen molar-refractivity contribution in [1.29, 1.82) is 0 Å². The molecular formula is C8H13NO2S2. The monoisotopic (exact) mass is 219 g/mol. The van der Waals surface area contributed by atoms with Crippen molar-refractivity contribution in [2.45, 2.75) is 12.8 Å². The number of hydrogen-bond donors (Lipinski definition) is 1. The van der Waals surface area contributed by atoms with E-state index in [1.807, 2.05) is 23.8 Å². The average molecular weight is 219 g/mol. The molecule has 0 saturated carbocycles. The molecule has 0 aliphatic heterocycles. The van der Waals surface area contributed by atoms with E-state index in [0.717, 1.165) is 0 Å². The molecule has 0 spiro atoms. The largest absolute Gasteiger partial charge is 0.215 e. The highest BCUT2D eigenvalue weighted by Gasteiger charge is 2.08. The van der Waals surface area contributed by atoms with Gasteiger partial charge in [0.1, 0.15) is 0 Å². The number of nitrogens with one attached hydrogen (secondary N) is 1. The molecule has 1 aromatic heterocycles. The summed E-state index contributed by atoms with van der Waals surface area (Å²) < 4.78 is 24.1. The van der Waals surface area contributed by atoms with Gasteiger partial charge in [-0.15, -0.1) is 0 Å². The molecule has 1 rings (SSSR count). The van der Waals surface area contributed by atoms with Crippen molar-refractivity contribution in [3.05, 3.63) is 22.4 Å². The van der Waals surface area contributed by atoms with Gasteiger partial charge in [-0.05, 0) is 28.3 Å². The first kappa shape index (κ1) is 10.7. The van der Waals surface area contributed by atoms with Crippen LogP contribution in [0.15, 0.2) is 16.8 Å². The van der Waals surface area contributed by atoms with Crippen LogP contribution in [0.3, 0.4) is 0 Å². The Kier molecular flexibility index (Phi) is 3.47. The Morgan fingerprint density at radius 2 is 2.31 bits per heavy atom. The van der Waals surface area contributed by atoms with E-state index in [1.165, 1.54) is 11.8 Å². The Hall–Kier alpha value is -0.390. The normalized spacial score (nSPS) is 14.3. The second-order valence-electron chi connectivity index (χ2n) is 3.08. The van der Waals surface area contributed by atoms with Crippen LogP contribution < -0.4 is 4.72 Å². The van der Waals surface area contributed by atoms with Crippen LogP contribution in [0, 0.1) is 0 Å². The lowest BCUT2D eigenvalue weighted by Crippen LogP contribution is -2.26. The van der Waals surface area contributed by atoms with Crippen molar-refractivity contribution >= 4 is 21.4 Å². The predicted molar refractivity (Wildman–Crippen MR) is 55.6 cm³/mol. The fraction of sp³-hybridized carbons (Fsp3) is 0.500. The molecule has 1 unspecified atom stereocenters. The summed E-state index contributed by atoms with van der Waals surface area (Å²) in [7, 11) is -3.06. The Bertz CT molecular complexity index is 342. The molecule has 3 nitrogen and oxygen atoms in total. The maximum absolute atomic E-state index is 10.8. The summed E-state index contributed by atoms with van der Waals surface area (Å²) in [5.74, 6) is 0.237. The minimum Gasteiger partial charge on any atom is -0.215 e. The molecule has 0 aromatic carbocycles. The van der Waals surface area contributed by atoms with Crippen molar-refractivity contribution < 1.29 is 8.42 Å². The molecular weight excluding hydrogens is 206 g/mol. The highest BCUT2D eigenvalue weighted by atomic mass is 32.2. The van der Waals surface area contributed by atoms with Crippen LogP contribution in [0.2, 0.25) is 0 Å². The molecule has 0 saturated heterocycles. The third kappa shape index (κ3) is 3.89. The van der Waals surface area contributed by atoms with Gasteiger partial charge in [-0.3, -0.25) is 0 Å². The van der Waals surface area contributed by atoms with Gasteiger partial charge in [-0.1, -0.05) is 6.92 Å². The van der Waals surface area contributed by atoms with Gasteiger partial charge in [0.2, 0.25) is 10.0 Å². The predicted octanol–water partition coefficient (Wildman–Crippen LogP) is 1.40. The zero-order chi connectivity index (χ0) is 9.90. The zero-order valence-corrected chi connectivity index (χ0v) is 9.28. The molecule has 1 aromatic rings. The number of hydrogen-bond acceptors (Lipinski definition) is 3. The number of sulfonamides is 1. The molecule has 13 heavy (non-hydrogen) atoms. The molecule has 0 amide bonds. The molecule has 0 bridgehead atoms. The first-order valence-electron chi connectivity index (χ1n) is 3.96. The standard InChI is InChI=1S/C8H13NO2S2/c1-7(5-9-13(2,10)11)8-3-4-12-6-8/h3-4,6-7,9H,5H2,1-2H3. The lowest BCUT2D eigenvalue weighted by Gasteiger charge is -2.09. The van der Waals surface area contributed by atoms with Crippen LogP contribution in [-0.4, -0.2) is 21.2 Å². The summed E-state index contributed by atoms with van der Waals surface area (Å²) >= 11 is 1.62. The van der Waals surface area contributed by atoms with Gasteiger partial charge in [0.05, 0.1) is 6.26 Å². The molecule has 74 valence electrons. The average Bonchev–Trinajstić information content (AvgIpc) is 2.50. The van der Waals surface area contributed by atoms with E-state index in [0.29, 0.717) is 6.54 Å². The minimum absolute atomic E-state index is 0.237. The maximum Gasteiger partial charge on any atom is 0.208 e. The third-order valence-electron chi connectivity index (χ3n) is 1.76. The van der Waals surface area contributed by atoms with Crippen molar-refractivity contribution in [3.63, 3.8) is 0 Å². The third-order valence-corrected chi connectivity index (χ3v) is 3.16. The summed E-state index contributed by atoms with van der Waals surface area (Å²) in [5.41, 5.74) is 1.18. The molecule has 1 atom stereocenters. The van der Waals surface area contributed by atoms with E-state index >= 15 is 0 Å². The van der Waals surface area contributed by atoms with Crippen LogP contribution in [0.25, 0.3) is 0 Å². The quantitative estimate of drug-likeness (QED) is 0.832. The second kappa shape index (κ2) is 4.21. The Morgan fingerprint density at radius 1 is 1.62 bits per heavy atom. The molecule has 0 fully saturated rings. The molecule has 0 aliphatic carbocycles. The smallest absolute Gasteiger partial charge is 0.208 e. The van der Waals surface area contributed by atoms with Crippen molar-refractivity contribution in [1.82, 2.24) is 4.72 Å². The fourth-order valence-electron chi connectivity index (χ4n) is 0.950. The van der Waals surface area contributed by atoms with Gasteiger partial charge in [0.25, 0.3) is 0 Å². The summed E-state index contributed by atoms with van der Waals surface area (Å²) in [6, 6.07) is 2.01. The molecule has 0 aliphatic rings. The van der Waals surface area contributed by atoms with E-state index in [2.05, 4.69) is 4.72 Å². The van der Waals surface area contributed by atoms with Crippen LogP contribution >= 0.6 is 11.3 Å². The van der Waals surface area contributed by atoms with Crippen LogP contribution in [0.1, 0.15) is 18.4 Å². The van der Waals surface area contributed by atoms with Crippen molar-refractivity contribution in [3.8, 4) is 0 Å². The van der Waals surface area contributed by atoms with E-state index in [4.69, 9.17) is 0 Å². The van der Waals surface area contributed by atoms with Crippen LogP contribution in [0.4, 0.5) is 0 Å². The van der Waals surface area contributed by atoms with Crippen molar-refractivity contribution in [2.24, 2.45) is 0 Å². The van der Waals surface area contributed by atoms with Gasteiger partial charge in [-0.2, -0.15) is 11.3 Å². The second-order valence-corrected chi connectivity index (χ2v) is 5.69. The van der Waals surface area contributed by atoms with E-state index < -0.39 is 10.0 Å². The molecule has 1 N–H and O–H groups in total. The first-order chi connectivity index (χ1) is 5.99. The molecule has 0 radical (unpaired) electrons. The summed E-state index contributed by atoms with van der Waals surface area (Å²) in [6.45, 7) is 2.47.